The quantitative estimate of drug-likeness (QED) is 0.244. The molecule has 0 fully saturated rings. The van der Waals surface area contributed by atoms with Crippen LogP contribution in [-0.2, 0) is 19.2 Å². The molecule has 5 N–H and O–H groups in total. The number of amides is 2. The van der Waals surface area contributed by atoms with Crippen molar-refractivity contribution in [3.05, 3.63) is 98.4 Å². The summed E-state index contributed by atoms with van der Waals surface area (Å²) in [7, 11) is 0. The first-order valence-corrected chi connectivity index (χ1v) is 13.8. The van der Waals surface area contributed by atoms with Crippen molar-refractivity contribution in [1.82, 2.24) is 15.6 Å². The Morgan fingerprint density at radius 3 is 1.79 bits per heavy atom. The summed E-state index contributed by atoms with van der Waals surface area (Å²) in [5.74, 6) is -2.53. The second-order valence-corrected chi connectivity index (χ2v) is 10.5. The van der Waals surface area contributed by atoms with Crippen LogP contribution in [0.4, 0.5) is 0 Å². The molecule has 0 bridgehead atoms. The first-order valence-electron chi connectivity index (χ1n) is 13.8. The van der Waals surface area contributed by atoms with E-state index in [1.807, 2.05) is 26.0 Å². The molecule has 3 aliphatic rings. The van der Waals surface area contributed by atoms with Crippen molar-refractivity contribution in [2.45, 2.75) is 53.4 Å². The highest BCUT2D eigenvalue weighted by atomic mass is 16.4. The Kier molecular flexibility index (Phi) is 8.80. The van der Waals surface area contributed by atoms with Crippen LogP contribution in [0.2, 0.25) is 0 Å². The molecule has 0 atom stereocenters. The van der Waals surface area contributed by atoms with Crippen molar-refractivity contribution in [3.8, 4) is 0 Å². The van der Waals surface area contributed by atoms with E-state index in [-0.39, 0.29) is 37.5 Å². The van der Waals surface area contributed by atoms with E-state index in [4.69, 9.17) is 15.2 Å². The number of rotatable bonds is 11. The highest BCUT2D eigenvalue weighted by Crippen LogP contribution is 2.33. The number of aliphatic imine (C=N–C) groups is 1. The number of allylic oxidation sites excluding steroid dienone is 5. The van der Waals surface area contributed by atoms with Crippen LogP contribution < -0.4 is 10.6 Å². The summed E-state index contributed by atoms with van der Waals surface area (Å²) in [5.41, 5.74) is 9.73. The van der Waals surface area contributed by atoms with E-state index in [0.717, 1.165) is 33.7 Å². The molecule has 0 radical (unpaired) electrons. The molecule has 1 aromatic heterocycles. The van der Waals surface area contributed by atoms with Crippen molar-refractivity contribution >= 4 is 47.7 Å². The molecule has 0 saturated heterocycles. The SMILES string of the molecule is C=CC1=C(C)C(/C=C2\NC(=O)C(CCC(=O)O)=C2C)=NC/1=C/c1[nH]c(/C=C2\NC(=O)C(CCC(=O)O)=C2C)c(C)c1C=C. The summed E-state index contributed by atoms with van der Waals surface area (Å²) in [6.45, 7) is 15.4. The molecule has 4 rings (SSSR count). The second kappa shape index (κ2) is 12.3. The van der Waals surface area contributed by atoms with Crippen LogP contribution in [0.1, 0.15) is 69.0 Å². The Hall–Kier alpha value is -5.25. The summed E-state index contributed by atoms with van der Waals surface area (Å²) < 4.78 is 0. The molecule has 0 spiro atoms. The van der Waals surface area contributed by atoms with Crippen LogP contribution in [0, 0.1) is 6.92 Å². The van der Waals surface area contributed by atoms with Crippen LogP contribution >= 0.6 is 0 Å². The van der Waals surface area contributed by atoms with Gasteiger partial charge >= 0.3 is 11.9 Å². The van der Waals surface area contributed by atoms with Crippen LogP contribution in [0.3, 0.4) is 0 Å². The van der Waals surface area contributed by atoms with Gasteiger partial charge in [0.15, 0.2) is 0 Å². The number of hydrogen-bond donors (Lipinski definition) is 5. The van der Waals surface area contributed by atoms with Crippen molar-refractivity contribution in [3.63, 3.8) is 0 Å². The van der Waals surface area contributed by atoms with E-state index in [0.29, 0.717) is 45.1 Å². The normalized spacial score (nSPS) is 19.6. The maximum absolute atomic E-state index is 12.5. The molecular weight excluding hydrogens is 548 g/mol. The van der Waals surface area contributed by atoms with Gasteiger partial charge in [-0.05, 0) is 81.0 Å². The van der Waals surface area contributed by atoms with E-state index in [1.54, 1.807) is 32.1 Å². The first kappa shape index (κ1) is 30.7. The third-order valence-electron chi connectivity index (χ3n) is 7.87. The maximum atomic E-state index is 12.5. The number of carbonyl (C=O) groups is 4. The van der Waals surface area contributed by atoms with Crippen molar-refractivity contribution in [2.75, 3.05) is 0 Å². The highest BCUT2D eigenvalue weighted by Gasteiger charge is 2.27. The Bertz CT molecular complexity index is 1720. The van der Waals surface area contributed by atoms with Gasteiger partial charge < -0.3 is 25.8 Å². The number of aliphatic carboxylic acids is 2. The minimum atomic E-state index is -0.965. The van der Waals surface area contributed by atoms with Crippen LogP contribution in [0.15, 0.2) is 80.8 Å². The topological polar surface area (TPSA) is 161 Å². The number of carbonyl (C=O) groups excluding carboxylic acids is 2. The molecule has 43 heavy (non-hydrogen) atoms. The number of aromatic nitrogens is 1. The lowest BCUT2D eigenvalue weighted by Crippen LogP contribution is -2.17. The third-order valence-corrected chi connectivity index (χ3v) is 7.87. The molecule has 10 heteroatoms. The fourth-order valence-electron chi connectivity index (χ4n) is 5.31. The molecule has 2 amide bonds. The molecule has 0 aromatic carbocycles. The molecule has 222 valence electrons. The zero-order valence-electron chi connectivity index (χ0n) is 24.6. The predicted molar refractivity (Wildman–Crippen MR) is 165 cm³/mol. The molecule has 0 unspecified atom stereocenters. The lowest BCUT2D eigenvalue weighted by Gasteiger charge is -2.02. The second-order valence-electron chi connectivity index (χ2n) is 10.5. The van der Waals surface area contributed by atoms with Crippen molar-refractivity contribution < 1.29 is 29.4 Å². The molecule has 0 saturated carbocycles. The van der Waals surface area contributed by atoms with E-state index < -0.39 is 11.9 Å². The number of aromatic amines is 1. The van der Waals surface area contributed by atoms with Crippen molar-refractivity contribution in [1.29, 1.82) is 0 Å². The van der Waals surface area contributed by atoms with Gasteiger partial charge in [0, 0.05) is 57.9 Å². The fourth-order valence-corrected chi connectivity index (χ4v) is 5.31. The zero-order valence-corrected chi connectivity index (χ0v) is 24.6. The Labute approximate surface area is 249 Å². The average Bonchev–Trinajstić information content (AvgIpc) is 3.58. The maximum Gasteiger partial charge on any atom is 0.303 e. The van der Waals surface area contributed by atoms with Gasteiger partial charge in [-0.15, -0.1) is 0 Å². The van der Waals surface area contributed by atoms with Gasteiger partial charge in [0.25, 0.3) is 11.8 Å². The summed E-state index contributed by atoms with van der Waals surface area (Å²) in [4.78, 5) is 55.2. The molecular formula is C33H34N4O6. The highest BCUT2D eigenvalue weighted by molar-refractivity contribution is 6.14. The average molecular weight is 583 g/mol. The number of H-pyrrole nitrogens is 1. The Balaban J connectivity index is 1.70. The number of carboxylic acids is 2. The minimum Gasteiger partial charge on any atom is -0.481 e. The summed E-state index contributed by atoms with van der Waals surface area (Å²) >= 11 is 0. The summed E-state index contributed by atoms with van der Waals surface area (Å²) in [6.07, 6.45) is 9.00. The predicted octanol–water partition coefficient (Wildman–Crippen LogP) is 5.11. The van der Waals surface area contributed by atoms with E-state index >= 15 is 0 Å². The number of hydrogen-bond acceptors (Lipinski definition) is 5. The van der Waals surface area contributed by atoms with Crippen LogP contribution in [0.25, 0.3) is 18.2 Å². The van der Waals surface area contributed by atoms with Crippen LogP contribution in [0.5, 0.6) is 0 Å². The number of nitrogens with zero attached hydrogens (tertiary/aromatic N) is 1. The lowest BCUT2D eigenvalue weighted by molar-refractivity contribution is -0.138. The van der Waals surface area contributed by atoms with Gasteiger partial charge in [0.2, 0.25) is 0 Å². The smallest absolute Gasteiger partial charge is 0.303 e. The third kappa shape index (κ3) is 6.18. The van der Waals surface area contributed by atoms with Crippen LogP contribution in [-0.4, -0.2) is 44.7 Å². The van der Waals surface area contributed by atoms with Crippen molar-refractivity contribution in [2.24, 2.45) is 4.99 Å². The summed E-state index contributed by atoms with van der Waals surface area (Å²) in [6, 6.07) is 0. The number of nitrogens with one attached hydrogen (secondary N) is 3. The molecule has 1 aromatic rings. The number of carboxylic acid groups (broad SMARTS) is 2. The first-order chi connectivity index (χ1) is 20.4. The van der Waals surface area contributed by atoms with Gasteiger partial charge in [-0.2, -0.15) is 0 Å². The van der Waals surface area contributed by atoms with Gasteiger partial charge in [0.05, 0.1) is 11.4 Å². The van der Waals surface area contributed by atoms with E-state index in [1.165, 1.54) is 0 Å². The molecule has 10 nitrogen and oxygen atoms in total. The van der Waals surface area contributed by atoms with Gasteiger partial charge in [0.1, 0.15) is 0 Å². The monoisotopic (exact) mass is 582 g/mol. The lowest BCUT2D eigenvalue weighted by atomic mass is 10.0. The Morgan fingerprint density at radius 2 is 1.30 bits per heavy atom. The molecule has 0 aliphatic carbocycles. The van der Waals surface area contributed by atoms with Gasteiger partial charge in [-0.1, -0.05) is 25.3 Å². The Morgan fingerprint density at radius 1 is 0.767 bits per heavy atom. The van der Waals surface area contributed by atoms with E-state index in [2.05, 4.69) is 28.8 Å². The van der Waals surface area contributed by atoms with Gasteiger partial charge in [-0.25, -0.2) is 4.99 Å². The zero-order chi connectivity index (χ0) is 31.6. The molecule has 3 aliphatic heterocycles. The fraction of sp³-hybridized carbons (Fsp3) is 0.242. The summed E-state index contributed by atoms with van der Waals surface area (Å²) in [5, 5.41) is 23.7. The standard InChI is InChI=1S/C33H34N4O6/c1-7-20-16(3)24(13-26-18(5)22(32(42)36-26)9-11-30(38)39)34-28(20)15-29-21(8-2)17(4)25(35-29)14-27-19(6)23(33(43)37-27)10-12-31(40)41/h7-8,13-15,34H,1-2,9-12H2,3-6H3,(H,36,42)(H,37,43)(H,38,39)(H,40,41)/b26-13-,27-14-,29-15+. The largest absolute Gasteiger partial charge is 0.481 e. The minimum absolute atomic E-state index is 0.126. The van der Waals surface area contributed by atoms with Gasteiger partial charge in [-0.3, -0.25) is 19.2 Å². The van der Waals surface area contributed by atoms with E-state index in [9.17, 15) is 19.2 Å². The molecule has 4 heterocycles.